The average Bonchev–Trinajstić information content (AvgIpc) is 2.90. The summed E-state index contributed by atoms with van der Waals surface area (Å²) in [7, 11) is 0. The fraction of sp³-hybridized carbons (Fsp3) is 0.938. The van der Waals surface area contributed by atoms with Crippen molar-refractivity contribution in [3.05, 3.63) is 0 Å². The van der Waals surface area contributed by atoms with Crippen molar-refractivity contribution in [3.8, 4) is 0 Å². The van der Waals surface area contributed by atoms with Crippen molar-refractivity contribution < 1.29 is 33.2 Å². The van der Waals surface area contributed by atoms with Crippen LogP contribution in [0.15, 0.2) is 0 Å². The third-order valence-corrected chi connectivity index (χ3v) is 4.95. The molecule has 6 atom stereocenters. The summed E-state index contributed by atoms with van der Waals surface area (Å²) < 4.78 is 35.1. The molecule has 0 unspecified atom stereocenters. The van der Waals surface area contributed by atoms with E-state index in [1.165, 1.54) is 0 Å². The van der Waals surface area contributed by atoms with Gasteiger partial charge in [-0.2, -0.15) is 0 Å². The van der Waals surface area contributed by atoms with Crippen LogP contribution in [0.1, 0.15) is 41.5 Å². The van der Waals surface area contributed by atoms with Gasteiger partial charge in [0.1, 0.15) is 29.2 Å². The zero-order chi connectivity index (χ0) is 17.9. The molecule has 3 aliphatic rings. The number of esters is 1. The number of rotatable bonds is 3. The van der Waals surface area contributed by atoms with Gasteiger partial charge < -0.3 is 28.4 Å². The quantitative estimate of drug-likeness (QED) is 0.522. The van der Waals surface area contributed by atoms with Crippen LogP contribution in [-0.4, -0.2) is 59.2 Å². The first-order valence-electron chi connectivity index (χ1n) is 8.20. The molecule has 3 fully saturated rings. The van der Waals surface area contributed by atoms with E-state index in [0.717, 1.165) is 0 Å². The van der Waals surface area contributed by atoms with E-state index in [-0.39, 0.29) is 6.10 Å². The van der Waals surface area contributed by atoms with Gasteiger partial charge in [0.2, 0.25) is 0 Å². The minimum absolute atomic E-state index is 0.216. The van der Waals surface area contributed by atoms with Crippen LogP contribution in [0.2, 0.25) is 0 Å². The molecule has 0 bridgehead atoms. The SMILES string of the molecule is CC(C)OC(=O)[C@H](Br)[C@H]1O[C@@H]2OC(C)(C)O[C@@H]2[C@H]2OC(C)(C)O[C@H]21. The molecule has 0 radical (unpaired) electrons. The number of alkyl halides is 1. The molecule has 8 heteroatoms. The summed E-state index contributed by atoms with van der Waals surface area (Å²) >= 11 is 3.40. The Morgan fingerprint density at radius 2 is 1.50 bits per heavy atom. The third kappa shape index (κ3) is 3.50. The fourth-order valence-electron chi connectivity index (χ4n) is 3.31. The van der Waals surface area contributed by atoms with Crippen LogP contribution in [-0.2, 0) is 33.2 Å². The third-order valence-electron chi connectivity index (χ3n) is 4.06. The second-order valence-electron chi connectivity index (χ2n) is 7.52. The molecule has 24 heavy (non-hydrogen) atoms. The van der Waals surface area contributed by atoms with Crippen LogP contribution in [0.25, 0.3) is 0 Å². The van der Waals surface area contributed by atoms with E-state index in [9.17, 15) is 4.79 Å². The lowest BCUT2D eigenvalue weighted by molar-refractivity contribution is -0.234. The fourth-order valence-corrected chi connectivity index (χ4v) is 3.84. The van der Waals surface area contributed by atoms with E-state index >= 15 is 0 Å². The topological polar surface area (TPSA) is 72.5 Å². The largest absolute Gasteiger partial charge is 0.462 e. The maximum Gasteiger partial charge on any atom is 0.322 e. The van der Waals surface area contributed by atoms with Crippen molar-refractivity contribution in [2.45, 2.75) is 94.8 Å². The van der Waals surface area contributed by atoms with Crippen LogP contribution in [0.5, 0.6) is 0 Å². The summed E-state index contributed by atoms with van der Waals surface area (Å²) in [4.78, 5) is 11.6. The maximum atomic E-state index is 12.3. The van der Waals surface area contributed by atoms with Gasteiger partial charge in [-0.25, -0.2) is 0 Å². The van der Waals surface area contributed by atoms with Crippen molar-refractivity contribution >= 4 is 21.9 Å². The van der Waals surface area contributed by atoms with E-state index in [1.807, 2.05) is 27.7 Å². The second kappa shape index (κ2) is 6.17. The normalized spacial score (nSPS) is 40.9. The Hall–Kier alpha value is -0.250. The minimum atomic E-state index is -0.795. The van der Waals surface area contributed by atoms with E-state index in [0.29, 0.717) is 0 Å². The van der Waals surface area contributed by atoms with E-state index in [1.54, 1.807) is 13.8 Å². The zero-order valence-electron chi connectivity index (χ0n) is 14.8. The smallest absolute Gasteiger partial charge is 0.322 e. The monoisotopic (exact) mass is 408 g/mol. The van der Waals surface area contributed by atoms with Gasteiger partial charge in [-0.15, -0.1) is 0 Å². The Balaban J connectivity index is 1.83. The van der Waals surface area contributed by atoms with Crippen LogP contribution in [0, 0.1) is 0 Å². The van der Waals surface area contributed by atoms with Gasteiger partial charge in [-0.05, 0) is 41.5 Å². The molecular formula is C16H25BrO7. The molecule has 3 saturated heterocycles. The van der Waals surface area contributed by atoms with Crippen LogP contribution < -0.4 is 0 Å². The van der Waals surface area contributed by atoms with Crippen molar-refractivity contribution in [2.24, 2.45) is 0 Å². The summed E-state index contributed by atoms with van der Waals surface area (Å²) in [6, 6.07) is 0. The number of carbonyl (C=O) groups excluding carboxylic acids is 1. The Kier molecular flexibility index (Phi) is 4.77. The summed E-state index contributed by atoms with van der Waals surface area (Å²) in [6.07, 6.45) is -2.73. The number of halogens is 1. The molecule has 3 rings (SSSR count). The van der Waals surface area contributed by atoms with Gasteiger partial charge >= 0.3 is 5.97 Å². The maximum absolute atomic E-state index is 12.3. The number of ether oxygens (including phenoxy) is 6. The zero-order valence-corrected chi connectivity index (χ0v) is 16.4. The van der Waals surface area contributed by atoms with Gasteiger partial charge in [0.25, 0.3) is 0 Å². The Morgan fingerprint density at radius 1 is 0.958 bits per heavy atom. The van der Waals surface area contributed by atoms with Crippen molar-refractivity contribution in [1.82, 2.24) is 0 Å². The highest BCUT2D eigenvalue weighted by molar-refractivity contribution is 9.10. The molecule has 3 aliphatic heterocycles. The lowest BCUT2D eigenvalue weighted by Crippen LogP contribution is -2.58. The molecule has 0 aromatic rings. The summed E-state index contributed by atoms with van der Waals surface area (Å²) in [5, 5.41) is 0. The molecular weight excluding hydrogens is 384 g/mol. The molecule has 0 amide bonds. The Labute approximate surface area is 150 Å². The summed E-state index contributed by atoms with van der Waals surface area (Å²) in [5.41, 5.74) is 0. The van der Waals surface area contributed by atoms with Crippen LogP contribution >= 0.6 is 15.9 Å². The van der Waals surface area contributed by atoms with Crippen LogP contribution in [0.3, 0.4) is 0 Å². The molecule has 3 heterocycles. The highest BCUT2D eigenvalue weighted by atomic mass is 79.9. The Morgan fingerprint density at radius 3 is 2.12 bits per heavy atom. The molecule has 0 aromatic carbocycles. The second-order valence-corrected chi connectivity index (χ2v) is 8.51. The molecule has 0 saturated carbocycles. The number of hydrogen-bond acceptors (Lipinski definition) is 7. The number of fused-ring (bicyclic) bond motifs is 3. The van der Waals surface area contributed by atoms with Crippen molar-refractivity contribution in [1.29, 1.82) is 0 Å². The van der Waals surface area contributed by atoms with Gasteiger partial charge in [0.15, 0.2) is 17.9 Å². The molecule has 0 aromatic heterocycles. The Bertz CT molecular complexity index is 507. The minimum Gasteiger partial charge on any atom is -0.462 e. The molecule has 0 aliphatic carbocycles. The first kappa shape index (κ1) is 18.5. The molecule has 138 valence electrons. The first-order chi connectivity index (χ1) is 11.0. The standard InChI is InChI=1S/C16H25BrO7/c1-7(2)19-13(18)8(17)9-10-11(22-15(3,4)21-10)12-14(20-9)24-16(5,6)23-12/h7-12,14H,1-6H3/t8-,9-,10+,11+,12-,14-/m1/s1. The molecule has 0 N–H and O–H groups in total. The van der Waals surface area contributed by atoms with Gasteiger partial charge in [-0.3, -0.25) is 4.79 Å². The van der Waals surface area contributed by atoms with Crippen molar-refractivity contribution in [2.75, 3.05) is 0 Å². The summed E-state index contributed by atoms with van der Waals surface area (Å²) in [5.74, 6) is -1.99. The van der Waals surface area contributed by atoms with Crippen LogP contribution in [0.4, 0.5) is 0 Å². The van der Waals surface area contributed by atoms with E-state index < -0.39 is 53.1 Å². The lowest BCUT2D eigenvalue weighted by atomic mass is 9.97. The number of hydrogen-bond donors (Lipinski definition) is 0. The predicted octanol–water partition coefficient (Wildman–Crippen LogP) is 2.10. The highest BCUT2D eigenvalue weighted by Gasteiger charge is 2.62. The van der Waals surface area contributed by atoms with E-state index in [4.69, 9.17) is 28.4 Å². The van der Waals surface area contributed by atoms with Gasteiger partial charge in [0.05, 0.1) is 6.10 Å². The van der Waals surface area contributed by atoms with Crippen molar-refractivity contribution in [3.63, 3.8) is 0 Å². The van der Waals surface area contributed by atoms with Gasteiger partial charge in [0, 0.05) is 0 Å². The van der Waals surface area contributed by atoms with Gasteiger partial charge in [-0.1, -0.05) is 15.9 Å². The number of carbonyl (C=O) groups is 1. The first-order valence-corrected chi connectivity index (χ1v) is 9.12. The lowest BCUT2D eigenvalue weighted by Gasteiger charge is -2.38. The summed E-state index contributed by atoms with van der Waals surface area (Å²) in [6.45, 7) is 10.9. The predicted molar refractivity (Wildman–Crippen MR) is 86.5 cm³/mol. The average molecular weight is 409 g/mol. The van der Waals surface area contributed by atoms with E-state index in [2.05, 4.69) is 15.9 Å². The molecule has 7 nitrogen and oxygen atoms in total. The molecule has 0 spiro atoms. The highest BCUT2D eigenvalue weighted by Crippen LogP contribution is 2.45.